The van der Waals surface area contributed by atoms with E-state index >= 15 is 0 Å². The van der Waals surface area contributed by atoms with Gasteiger partial charge in [0.2, 0.25) is 0 Å². The standard InChI is InChI=1S/C58H54B2N6/c1-5-21-41(22-6-1)65-49-38-50-48(37-47(49)59-45-25-13-17-39-19-15-31-63(57(39)45)51-33-43(35-53(65)55(51)59)61-27-9-3-10-28-61)60-46-26-14-18-40-20-16-32-64(58(40)46)52-34-44(62-29-11-4-12-30-62)36-54(56(52)60)66(50)42-23-7-2-8-24-42/h1-2,5-8,13-14,17-18,21-26,33-38H,3-4,9-12,15-16,19-20,27-32H2. The van der Waals surface area contributed by atoms with Crippen molar-refractivity contribution in [2.24, 2.45) is 0 Å². The van der Waals surface area contributed by atoms with E-state index in [0.717, 1.165) is 52.1 Å². The SMILES string of the molecule is c1ccc(N2c3cc4c(cc3B3c5cccc6c5N(CCC6)c5cc(N6CCCCC6)cc2c53)B2c3cccc5c3N(CCC5)c3cc(N5CCCCC5)cc(c32)N4c2ccccc2)cc1. The number of anilines is 12. The molecule has 0 bridgehead atoms. The maximum atomic E-state index is 2.73. The zero-order chi connectivity index (χ0) is 43.0. The fraction of sp³-hybridized carbons (Fsp3) is 0.276. The van der Waals surface area contributed by atoms with Crippen LogP contribution in [0.2, 0.25) is 0 Å². The molecule has 2 saturated heterocycles. The Morgan fingerprint density at radius 1 is 0.318 bits per heavy atom. The van der Waals surface area contributed by atoms with Gasteiger partial charge in [-0.2, -0.15) is 0 Å². The molecule has 0 aliphatic carbocycles. The number of para-hydroxylation sites is 4. The van der Waals surface area contributed by atoms with Gasteiger partial charge in [-0.3, -0.25) is 0 Å². The molecule has 0 radical (unpaired) electrons. The second kappa shape index (κ2) is 14.5. The van der Waals surface area contributed by atoms with Gasteiger partial charge in [-0.15, -0.1) is 0 Å². The maximum Gasteiger partial charge on any atom is 0.252 e. The van der Waals surface area contributed by atoms with Gasteiger partial charge in [0.25, 0.3) is 13.4 Å². The van der Waals surface area contributed by atoms with Crippen LogP contribution in [-0.4, -0.2) is 52.7 Å². The molecule has 322 valence electrons. The number of piperidine rings is 2. The minimum Gasteiger partial charge on any atom is -0.371 e. The third-order valence-corrected chi connectivity index (χ3v) is 16.8. The van der Waals surface area contributed by atoms with Crippen molar-refractivity contribution in [1.29, 1.82) is 0 Å². The van der Waals surface area contributed by atoms with Gasteiger partial charge in [0, 0.05) is 108 Å². The molecule has 8 heterocycles. The lowest BCUT2D eigenvalue weighted by atomic mass is 9.30. The summed E-state index contributed by atoms with van der Waals surface area (Å²) in [6.07, 6.45) is 12.3. The Kier molecular flexibility index (Phi) is 8.27. The molecule has 2 fully saturated rings. The fourth-order valence-corrected chi connectivity index (χ4v) is 14.0. The van der Waals surface area contributed by atoms with Gasteiger partial charge in [-0.05, 0) is 163 Å². The molecule has 66 heavy (non-hydrogen) atoms. The summed E-state index contributed by atoms with van der Waals surface area (Å²) >= 11 is 0. The maximum absolute atomic E-state index is 2.73. The Hall–Kier alpha value is -6.53. The highest BCUT2D eigenvalue weighted by molar-refractivity contribution is 7.03. The monoisotopic (exact) mass is 856 g/mol. The van der Waals surface area contributed by atoms with Crippen molar-refractivity contribution < 1.29 is 0 Å². The molecule has 0 spiro atoms. The number of aryl methyl sites for hydroxylation is 2. The summed E-state index contributed by atoms with van der Waals surface area (Å²) in [7, 11) is 0. The first kappa shape index (κ1) is 37.7. The number of rotatable bonds is 4. The van der Waals surface area contributed by atoms with E-state index in [0.29, 0.717) is 0 Å². The highest BCUT2D eigenvalue weighted by Crippen LogP contribution is 2.50. The van der Waals surface area contributed by atoms with E-state index in [1.54, 1.807) is 0 Å². The summed E-state index contributed by atoms with van der Waals surface area (Å²) in [5.74, 6) is 0. The van der Waals surface area contributed by atoms with Crippen molar-refractivity contribution >= 4 is 114 Å². The van der Waals surface area contributed by atoms with Crippen LogP contribution >= 0.6 is 0 Å². The van der Waals surface area contributed by atoms with Crippen molar-refractivity contribution in [1.82, 2.24) is 0 Å². The molecule has 0 N–H and O–H groups in total. The normalized spacial score (nSPS) is 18.3. The van der Waals surface area contributed by atoms with Crippen molar-refractivity contribution in [2.45, 2.75) is 64.2 Å². The Balaban J connectivity index is 1.05. The first-order chi connectivity index (χ1) is 32.8. The molecule has 8 aliphatic heterocycles. The minimum atomic E-state index is 0.104. The van der Waals surface area contributed by atoms with Crippen LogP contribution in [0.3, 0.4) is 0 Å². The third-order valence-electron chi connectivity index (χ3n) is 16.8. The Labute approximate surface area is 390 Å². The zero-order valence-corrected chi connectivity index (χ0v) is 37.9. The van der Waals surface area contributed by atoms with Crippen LogP contribution in [0.25, 0.3) is 0 Å². The van der Waals surface area contributed by atoms with Crippen molar-refractivity contribution in [3.63, 3.8) is 0 Å². The minimum absolute atomic E-state index is 0.104. The van der Waals surface area contributed by atoms with Gasteiger partial charge in [-0.25, -0.2) is 0 Å². The van der Waals surface area contributed by atoms with E-state index in [2.05, 4.69) is 163 Å². The van der Waals surface area contributed by atoms with Gasteiger partial charge in [0.1, 0.15) is 0 Å². The molecule has 8 heteroatoms. The van der Waals surface area contributed by atoms with E-state index in [9.17, 15) is 0 Å². The highest BCUT2D eigenvalue weighted by atomic mass is 15.2. The smallest absolute Gasteiger partial charge is 0.252 e. The largest absolute Gasteiger partial charge is 0.371 e. The number of hydrogen-bond acceptors (Lipinski definition) is 6. The molecular weight excluding hydrogens is 802 g/mol. The van der Waals surface area contributed by atoms with Crippen molar-refractivity contribution in [3.8, 4) is 0 Å². The van der Waals surface area contributed by atoms with Gasteiger partial charge in [-0.1, -0.05) is 78.9 Å². The Bertz CT molecular complexity index is 2920. The van der Waals surface area contributed by atoms with Crippen LogP contribution in [0.15, 0.2) is 133 Å². The Morgan fingerprint density at radius 2 is 0.758 bits per heavy atom. The summed E-state index contributed by atoms with van der Waals surface area (Å²) in [6.45, 7) is 6.79. The average Bonchev–Trinajstić information content (AvgIpc) is 3.38. The summed E-state index contributed by atoms with van der Waals surface area (Å²) in [5, 5.41) is 0. The van der Waals surface area contributed by atoms with Gasteiger partial charge >= 0.3 is 0 Å². The topological polar surface area (TPSA) is 19.4 Å². The van der Waals surface area contributed by atoms with E-state index in [-0.39, 0.29) is 13.4 Å². The second-order valence-electron chi connectivity index (χ2n) is 20.3. The molecular formula is C58H54B2N6. The number of hydrogen-bond donors (Lipinski definition) is 0. The van der Waals surface area contributed by atoms with Gasteiger partial charge < -0.3 is 29.4 Å². The van der Waals surface area contributed by atoms with Gasteiger partial charge in [0.05, 0.1) is 0 Å². The quantitative estimate of drug-likeness (QED) is 0.164. The predicted octanol–water partition coefficient (Wildman–Crippen LogP) is 9.06. The van der Waals surface area contributed by atoms with E-state index in [1.165, 1.54) is 164 Å². The average molecular weight is 857 g/mol. The zero-order valence-electron chi connectivity index (χ0n) is 37.9. The number of benzene rings is 7. The first-order valence-corrected chi connectivity index (χ1v) is 25.3. The lowest BCUT2D eigenvalue weighted by Crippen LogP contribution is -2.66. The first-order valence-electron chi connectivity index (χ1n) is 25.3. The Morgan fingerprint density at radius 3 is 1.21 bits per heavy atom. The van der Waals surface area contributed by atoms with Crippen molar-refractivity contribution in [2.75, 3.05) is 68.7 Å². The molecule has 7 aromatic rings. The number of fused-ring (bicyclic) bond motifs is 8. The molecule has 0 amide bonds. The van der Waals surface area contributed by atoms with Crippen LogP contribution < -0.4 is 62.2 Å². The molecule has 0 aromatic heterocycles. The molecule has 8 aliphatic rings. The summed E-state index contributed by atoms with van der Waals surface area (Å²) < 4.78 is 0. The third kappa shape index (κ3) is 5.33. The van der Waals surface area contributed by atoms with Crippen LogP contribution in [0.5, 0.6) is 0 Å². The summed E-state index contributed by atoms with van der Waals surface area (Å²) in [5.41, 5.74) is 27.9. The van der Waals surface area contributed by atoms with Crippen LogP contribution in [0.4, 0.5) is 68.2 Å². The molecule has 7 aromatic carbocycles. The second-order valence-corrected chi connectivity index (χ2v) is 20.3. The van der Waals surface area contributed by atoms with Crippen LogP contribution in [-0.2, 0) is 12.8 Å². The summed E-state index contributed by atoms with van der Waals surface area (Å²) in [4.78, 5) is 16.2. The molecule has 0 saturated carbocycles. The summed E-state index contributed by atoms with van der Waals surface area (Å²) in [6, 6.07) is 52.9. The molecule has 6 nitrogen and oxygen atoms in total. The molecule has 0 unspecified atom stereocenters. The number of nitrogens with zero attached hydrogens (tertiary/aromatic N) is 6. The van der Waals surface area contributed by atoms with E-state index < -0.39 is 0 Å². The van der Waals surface area contributed by atoms with Crippen LogP contribution in [0, 0.1) is 0 Å². The predicted molar refractivity (Wildman–Crippen MR) is 281 cm³/mol. The molecule has 0 atom stereocenters. The van der Waals surface area contributed by atoms with E-state index in [1.807, 2.05) is 0 Å². The lowest BCUT2D eigenvalue weighted by Gasteiger charge is -2.49. The lowest BCUT2D eigenvalue weighted by molar-refractivity contribution is 0.578. The fourth-order valence-electron chi connectivity index (χ4n) is 14.0. The van der Waals surface area contributed by atoms with Crippen molar-refractivity contribution in [3.05, 3.63) is 145 Å². The molecule has 15 rings (SSSR count). The van der Waals surface area contributed by atoms with Crippen LogP contribution in [0.1, 0.15) is 62.5 Å². The van der Waals surface area contributed by atoms with E-state index in [4.69, 9.17) is 0 Å². The van der Waals surface area contributed by atoms with Gasteiger partial charge in [0.15, 0.2) is 0 Å². The highest BCUT2D eigenvalue weighted by Gasteiger charge is 2.49.